The van der Waals surface area contributed by atoms with E-state index in [1.165, 1.54) is 10.8 Å². The summed E-state index contributed by atoms with van der Waals surface area (Å²) in [5.74, 6) is 0.988. The highest BCUT2D eigenvalue weighted by atomic mass is 28.3. The summed E-state index contributed by atoms with van der Waals surface area (Å²) >= 11 is 0. The summed E-state index contributed by atoms with van der Waals surface area (Å²) in [6, 6.07) is 6.52. The molecule has 0 heterocycles. The largest absolute Gasteiger partial charge is 0.496 e. The molecule has 0 unspecified atom stereocenters. The Hall–Kier alpha value is -0.763. The lowest BCUT2D eigenvalue weighted by molar-refractivity contribution is 0.412. The fourth-order valence-corrected chi connectivity index (χ4v) is 2.58. The molecule has 72 valence electrons. The highest BCUT2D eigenvalue weighted by Crippen LogP contribution is 2.16. The van der Waals surface area contributed by atoms with Crippen LogP contribution in [0.15, 0.2) is 18.2 Å². The molecular weight excluding hydrogens is 176 g/mol. The molecule has 1 aromatic carbocycles. The number of hydrogen-bond donors (Lipinski definition) is 0. The molecule has 0 spiro atoms. The zero-order valence-electron chi connectivity index (χ0n) is 9.14. The van der Waals surface area contributed by atoms with Gasteiger partial charge in [-0.05, 0) is 18.6 Å². The smallest absolute Gasteiger partial charge is 0.121 e. The van der Waals surface area contributed by atoms with E-state index >= 15 is 0 Å². The molecule has 0 saturated carbocycles. The van der Waals surface area contributed by atoms with E-state index in [-0.39, 0.29) is 0 Å². The summed E-state index contributed by atoms with van der Waals surface area (Å²) in [4.78, 5) is 0. The molecule has 0 atom stereocenters. The third-order valence-corrected chi connectivity index (χ3v) is 4.30. The van der Waals surface area contributed by atoms with Gasteiger partial charge < -0.3 is 4.74 Å². The third kappa shape index (κ3) is 2.34. The predicted octanol–water partition coefficient (Wildman–Crippen LogP) is 2.55. The van der Waals surface area contributed by atoms with Crippen LogP contribution in [0.2, 0.25) is 19.6 Å². The first-order valence-electron chi connectivity index (χ1n) is 4.60. The number of aryl methyl sites for hydroxylation is 1. The predicted molar refractivity (Wildman–Crippen MR) is 60.7 cm³/mol. The van der Waals surface area contributed by atoms with Crippen LogP contribution in [0.3, 0.4) is 0 Å². The minimum absolute atomic E-state index is 0.988. The number of benzene rings is 1. The number of hydrogen-bond acceptors (Lipinski definition) is 1. The molecule has 13 heavy (non-hydrogen) atoms. The molecule has 0 bridgehead atoms. The van der Waals surface area contributed by atoms with Crippen LogP contribution < -0.4 is 9.92 Å². The van der Waals surface area contributed by atoms with Crippen molar-refractivity contribution in [3.05, 3.63) is 23.8 Å². The standard InChI is InChI=1S/C11H18OSi/c1-9-8-10(13(3,4)5)6-7-11(9)12-2/h6-8H,1-5H3. The fraction of sp³-hybridized carbons (Fsp3) is 0.455. The fourth-order valence-electron chi connectivity index (χ4n) is 1.34. The Bertz CT molecular complexity index is 299. The average molecular weight is 194 g/mol. The molecule has 0 amide bonds. The summed E-state index contributed by atoms with van der Waals surface area (Å²) in [5.41, 5.74) is 1.24. The van der Waals surface area contributed by atoms with Crippen LogP contribution in [0, 0.1) is 6.92 Å². The molecule has 0 aromatic heterocycles. The van der Waals surface area contributed by atoms with Gasteiger partial charge in [-0.3, -0.25) is 0 Å². The first-order chi connectivity index (χ1) is 5.95. The van der Waals surface area contributed by atoms with Gasteiger partial charge in [0.2, 0.25) is 0 Å². The maximum Gasteiger partial charge on any atom is 0.121 e. The molecule has 1 nitrogen and oxygen atoms in total. The maximum atomic E-state index is 5.23. The van der Waals surface area contributed by atoms with Crippen molar-refractivity contribution in [3.8, 4) is 5.75 Å². The van der Waals surface area contributed by atoms with Gasteiger partial charge in [-0.1, -0.05) is 37.0 Å². The van der Waals surface area contributed by atoms with E-state index in [9.17, 15) is 0 Å². The van der Waals surface area contributed by atoms with Crippen LogP contribution in [0.1, 0.15) is 5.56 Å². The third-order valence-electron chi connectivity index (χ3n) is 2.26. The second kappa shape index (κ2) is 3.54. The van der Waals surface area contributed by atoms with Crippen LogP contribution >= 0.6 is 0 Å². The van der Waals surface area contributed by atoms with Gasteiger partial charge in [0.15, 0.2) is 0 Å². The molecule has 0 fully saturated rings. The zero-order valence-corrected chi connectivity index (χ0v) is 10.1. The molecule has 0 aliphatic rings. The number of ether oxygens (including phenoxy) is 1. The highest BCUT2D eigenvalue weighted by molar-refractivity contribution is 6.88. The monoisotopic (exact) mass is 194 g/mol. The van der Waals surface area contributed by atoms with Crippen LogP contribution in [-0.2, 0) is 0 Å². The second-order valence-corrected chi connectivity index (χ2v) is 9.51. The van der Waals surface area contributed by atoms with Gasteiger partial charge in [0.1, 0.15) is 5.75 Å². The van der Waals surface area contributed by atoms with Gasteiger partial charge >= 0.3 is 0 Å². The molecular formula is C11H18OSi. The second-order valence-electron chi connectivity index (χ2n) is 4.43. The van der Waals surface area contributed by atoms with Gasteiger partial charge in [-0.25, -0.2) is 0 Å². The number of rotatable bonds is 2. The Morgan fingerprint density at radius 2 is 1.77 bits per heavy atom. The minimum Gasteiger partial charge on any atom is -0.496 e. The van der Waals surface area contributed by atoms with Crippen molar-refractivity contribution >= 4 is 13.3 Å². The van der Waals surface area contributed by atoms with Crippen molar-refractivity contribution in [1.82, 2.24) is 0 Å². The van der Waals surface area contributed by atoms with E-state index < -0.39 is 8.07 Å². The Kier molecular flexibility index (Phi) is 2.81. The molecule has 0 saturated heterocycles. The normalized spacial score (nSPS) is 11.5. The van der Waals surface area contributed by atoms with Gasteiger partial charge in [0, 0.05) is 0 Å². The molecule has 1 rings (SSSR count). The van der Waals surface area contributed by atoms with E-state index in [0.29, 0.717) is 0 Å². The van der Waals surface area contributed by atoms with Crippen molar-refractivity contribution in [2.45, 2.75) is 26.6 Å². The van der Waals surface area contributed by atoms with Crippen LogP contribution in [0.5, 0.6) is 5.75 Å². The highest BCUT2D eigenvalue weighted by Gasteiger charge is 2.16. The van der Waals surface area contributed by atoms with Crippen LogP contribution in [-0.4, -0.2) is 15.2 Å². The first-order valence-corrected chi connectivity index (χ1v) is 8.10. The van der Waals surface area contributed by atoms with Gasteiger partial charge in [-0.2, -0.15) is 0 Å². The lowest BCUT2D eigenvalue weighted by atomic mass is 10.2. The van der Waals surface area contributed by atoms with E-state index in [1.54, 1.807) is 7.11 Å². The van der Waals surface area contributed by atoms with Crippen molar-refractivity contribution in [1.29, 1.82) is 0 Å². The van der Waals surface area contributed by atoms with Crippen molar-refractivity contribution in [2.24, 2.45) is 0 Å². The topological polar surface area (TPSA) is 9.23 Å². The quantitative estimate of drug-likeness (QED) is 0.657. The van der Waals surface area contributed by atoms with E-state index in [4.69, 9.17) is 4.74 Å². The van der Waals surface area contributed by atoms with Gasteiger partial charge in [0.25, 0.3) is 0 Å². The molecule has 0 radical (unpaired) electrons. The van der Waals surface area contributed by atoms with Gasteiger partial charge in [-0.15, -0.1) is 0 Å². The SMILES string of the molecule is COc1ccc([Si](C)(C)C)cc1C. The summed E-state index contributed by atoms with van der Waals surface area (Å²) < 4.78 is 5.23. The molecule has 0 aliphatic heterocycles. The zero-order chi connectivity index (χ0) is 10.1. The molecule has 0 aliphatic carbocycles. The molecule has 2 heteroatoms. The average Bonchev–Trinajstić information content (AvgIpc) is 2.02. The van der Waals surface area contributed by atoms with Crippen molar-refractivity contribution in [3.63, 3.8) is 0 Å². The van der Waals surface area contributed by atoms with Crippen LogP contribution in [0.25, 0.3) is 0 Å². The molecule has 0 N–H and O–H groups in total. The van der Waals surface area contributed by atoms with E-state index in [2.05, 4.69) is 44.8 Å². The number of methoxy groups -OCH3 is 1. The first kappa shape index (κ1) is 10.3. The van der Waals surface area contributed by atoms with Crippen LogP contribution in [0.4, 0.5) is 0 Å². The minimum atomic E-state index is -1.16. The van der Waals surface area contributed by atoms with E-state index in [0.717, 1.165) is 5.75 Å². The van der Waals surface area contributed by atoms with Crippen molar-refractivity contribution < 1.29 is 4.74 Å². The summed E-state index contributed by atoms with van der Waals surface area (Å²) in [5, 5.41) is 1.49. The summed E-state index contributed by atoms with van der Waals surface area (Å²) in [7, 11) is 0.563. The Balaban J connectivity index is 3.10. The molecule has 1 aromatic rings. The lowest BCUT2D eigenvalue weighted by Gasteiger charge is -2.18. The summed E-state index contributed by atoms with van der Waals surface area (Å²) in [6.45, 7) is 9.17. The van der Waals surface area contributed by atoms with Gasteiger partial charge in [0.05, 0.1) is 15.2 Å². The Morgan fingerprint density at radius 3 is 2.15 bits per heavy atom. The lowest BCUT2D eigenvalue weighted by Crippen LogP contribution is -2.37. The Labute approximate surface area is 81.8 Å². The van der Waals surface area contributed by atoms with Crippen molar-refractivity contribution in [2.75, 3.05) is 7.11 Å². The summed E-state index contributed by atoms with van der Waals surface area (Å²) in [6.07, 6.45) is 0. The van der Waals surface area contributed by atoms with E-state index in [1.807, 2.05) is 0 Å². The Morgan fingerprint density at radius 1 is 1.15 bits per heavy atom. The maximum absolute atomic E-state index is 5.23.